The van der Waals surface area contributed by atoms with Gasteiger partial charge in [0.2, 0.25) is 0 Å². The van der Waals surface area contributed by atoms with Crippen LogP contribution in [0.4, 0.5) is 0 Å². The molecule has 0 aromatic heterocycles. The molecule has 0 fully saturated rings. The summed E-state index contributed by atoms with van der Waals surface area (Å²) in [5.74, 6) is 1.29. The zero-order valence-electron chi connectivity index (χ0n) is 8.96. The molecule has 1 heterocycles. The predicted octanol–water partition coefficient (Wildman–Crippen LogP) is 3.13. The van der Waals surface area contributed by atoms with E-state index in [0.29, 0.717) is 0 Å². The van der Waals surface area contributed by atoms with Gasteiger partial charge < -0.3 is 0 Å². The molecule has 1 nitrogen and oxygen atoms in total. The SMILES string of the molecule is CCCCCCC[N+]1=CSCC1C. The van der Waals surface area contributed by atoms with Crippen LogP contribution in [0.5, 0.6) is 0 Å². The number of unbranched alkanes of at least 4 members (excludes halogenated alkanes) is 4. The fourth-order valence-electron chi connectivity index (χ4n) is 1.65. The molecule has 0 aliphatic carbocycles. The topological polar surface area (TPSA) is 3.01 Å². The highest BCUT2D eigenvalue weighted by molar-refractivity contribution is 8.12. The van der Waals surface area contributed by atoms with Gasteiger partial charge in [-0.2, -0.15) is 0 Å². The lowest BCUT2D eigenvalue weighted by atomic mass is 10.1. The van der Waals surface area contributed by atoms with E-state index in [2.05, 4.69) is 24.0 Å². The molecule has 0 bridgehead atoms. The number of hydrogen-bond acceptors (Lipinski definition) is 1. The van der Waals surface area contributed by atoms with Crippen molar-refractivity contribution in [1.82, 2.24) is 0 Å². The van der Waals surface area contributed by atoms with Gasteiger partial charge >= 0.3 is 0 Å². The summed E-state index contributed by atoms with van der Waals surface area (Å²) in [6, 6.07) is 0.774. The minimum absolute atomic E-state index is 0.774. The van der Waals surface area contributed by atoms with Gasteiger partial charge in [0.1, 0.15) is 6.54 Å². The second kappa shape index (κ2) is 6.47. The normalized spacial score (nSPS) is 22.0. The Balaban J connectivity index is 1.99. The van der Waals surface area contributed by atoms with Gasteiger partial charge in [0, 0.05) is 6.42 Å². The molecule has 1 atom stereocenters. The monoisotopic (exact) mass is 200 g/mol. The van der Waals surface area contributed by atoms with E-state index in [0.717, 1.165) is 6.04 Å². The summed E-state index contributed by atoms with van der Waals surface area (Å²) in [6.45, 7) is 5.87. The number of rotatable bonds is 6. The first-order chi connectivity index (χ1) is 6.34. The summed E-state index contributed by atoms with van der Waals surface area (Å²) < 4.78 is 2.50. The van der Waals surface area contributed by atoms with Gasteiger partial charge in [-0.15, -0.1) is 0 Å². The molecule has 0 spiro atoms. The van der Waals surface area contributed by atoms with Crippen LogP contribution in [0.25, 0.3) is 0 Å². The van der Waals surface area contributed by atoms with Crippen LogP contribution in [-0.4, -0.2) is 28.5 Å². The smallest absolute Gasteiger partial charge is 0.198 e. The van der Waals surface area contributed by atoms with Crippen LogP contribution in [0, 0.1) is 0 Å². The third-order valence-corrected chi connectivity index (χ3v) is 3.73. The van der Waals surface area contributed by atoms with Gasteiger partial charge in [-0.1, -0.05) is 37.9 Å². The Bertz CT molecular complexity index is 165. The summed E-state index contributed by atoms with van der Waals surface area (Å²) in [7, 11) is 0. The van der Waals surface area contributed by atoms with Crippen molar-refractivity contribution < 1.29 is 4.58 Å². The van der Waals surface area contributed by atoms with Gasteiger partial charge in [-0.3, -0.25) is 0 Å². The van der Waals surface area contributed by atoms with Crippen molar-refractivity contribution in [3.63, 3.8) is 0 Å². The van der Waals surface area contributed by atoms with E-state index < -0.39 is 0 Å². The third-order valence-electron chi connectivity index (χ3n) is 2.63. The molecular weight excluding hydrogens is 178 g/mol. The van der Waals surface area contributed by atoms with E-state index in [-0.39, 0.29) is 0 Å². The second-order valence-corrected chi connectivity index (χ2v) is 4.82. The molecule has 1 aliphatic heterocycles. The van der Waals surface area contributed by atoms with Gasteiger partial charge in [-0.25, -0.2) is 4.58 Å². The fraction of sp³-hybridized carbons (Fsp3) is 0.909. The van der Waals surface area contributed by atoms with E-state index >= 15 is 0 Å². The molecule has 0 radical (unpaired) electrons. The van der Waals surface area contributed by atoms with Crippen molar-refractivity contribution in [2.75, 3.05) is 12.3 Å². The summed E-state index contributed by atoms with van der Waals surface area (Å²) >= 11 is 1.96. The van der Waals surface area contributed by atoms with Crippen LogP contribution in [0.15, 0.2) is 0 Å². The molecule has 2 heteroatoms. The molecule has 0 aromatic carbocycles. The lowest BCUT2D eigenvalue weighted by molar-refractivity contribution is -0.548. The van der Waals surface area contributed by atoms with E-state index in [1.165, 1.54) is 44.4 Å². The van der Waals surface area contributed by atoms with Crippen LogP contribution >= 0.6 is 11.8 Å². The Morgan fingerprint density at radius 3 is 2.69 bits per heavy atom. The Morgan fingerprint density at radius 1 is 1.31 bits per heavy atom. The molecule has 0 amide bonds. The quantitative estimate of drug-likeness (QED) is 0.470. The molecule has 13 heavy (non-hydrogen) atoms. The Morgan fingerprint density at radius 2 is 2.08 bits per heavy atom. The van der Waals surface area contributed by atoms with E-state index in [1.54, 1.807) is 0 Å². The van der Waals surface area contributed by atoms with Crippen molar-refractivity contribution in [2.45, 2.75) is 52.0 Å². The van der Waals surface area contributed by atoms with Gasteiger partial charge in [0.05, 0.1) is 5.75 Å². The van der Waals surface area contributed by atoms with Crippen LogP contribution in [0.3, 0.4) is 0 Å². The van der Waals surface area contributed by atoms with Crippen LogP contribution in [0.1, 0.15) is 46.0 Å². The standard InChI is InChI=1S/C11H22NS/c1-3-4-5-6-7-8-12-10-13-9-11(12)2/h10-11H,3-9H2,1-2H3/q+1. The number of nitrogens with zero attached hydrogens (tertiary/aromatic N) is 1. The summed E-state index contributed by atoms with van der Waals surface area (Å²) in [4.78, 5) is 0. The highest BCUT2D eigenvalue weighted by atomic mass is 32.2. The summed E-state index contributed by atoms with van der Waals surface area (Å²) in [5.41, 5.74) is 2.31. The van der Waals surface area contributed by atoms with E-state index in [1.807, 2.05) is 11.8 Å². The maximum Gasteiger partial charge on any atom is 0.198 e. The lowest BCUT2D eigenvalue weighted by Crippen LogP contribution is -2.21. The number of hydrogen-bond donors (Lipinski definition) is 0. The highest BCUT2D eigenvalue weighted by Gasteiger charge is 2.20. The van der Waals surface area contributed by atoms with Crippen LogP contribution in [0.2, 0.25) is 0 Å². The van der Waals surface area contributed by atoms with Gasteiger partial charge in [-0.05, 0) is 13.3 Å². The maximum atomic E-state index is 2.50. The first kappa shape index (κ1) is 11.1. The summed E-state index contributed by atoms with van der Waals surface area (Å²) in [6.07, 6.45) is 6.97. The zero-order chi connectivity index (χ0) is 9.52. The molecule has 0 saturated heterocycles. The minimum atomic E-state index is 0.774. The number of thioether (sulfide) groups is 1. The average molecular weight is 200 g/mol. The van der Waals surface area contributed by atoms with Crippen LogP contribution < -0.4 is 0 Å². The van der Waals surface area contributed by atoms with E-state index in [4.69, 9.17) is 0 Å². The molecule has 1 aliphatic rings. The minimum Gasteiger partial charge on any atom is -0.227 e. The molecular formula is C11H22NS+. The Hall–Kier alpha value is 0.0200. The van der Waals surface area contributed by atoms with Crippen molar-refractivity contribution in [1.29, 1.82) is 0 Å². The largest absolute Gasteiger partial charge is 0.227 e. The summed E-state index contributed by atoms with van der Waals surface area (Å²) in [5, 5.41) is 0. The predicted molar refractivity (Wildman–Crippen MR) is 61.9 cm³/mol. The van der Waals surface area contributed by atoms with Crippen molar-refractivity contribution in [3.05, 3.63) is 0 Å². The Labute approximate surface area is 86.6 Å². The van der Waals surface area contributed by atoms with Crippen LogP contribution in [-0.2, 0) is 0 Å². The lowest BCUT2D eigenvalue weighted by Gasteiger charge is -2.03. The first-order valence-corrected chi connectivity index (χ1v) is 6.60. The maximum absolute atomic E-state index is 2.50. The molecule has 76 valence electrons. The molecule has 1 unspecified atom stereocenters. The average Bonchev–Trinajstić information content (AvgIpc) is 2.52. The molecule has 0 saturated carbocycles. The zero-order valence-corrected chi connectivity index (χ0v) is 9.78. The van der Waals surface area contributed by atoms with Crippen molar-refractivity contribution in [2.24, 2.45) is 0 Å². The Kier molecular flexibility index (Phi) is 5.52. The third kappa shape index (κ3) is 4.17. The molecule has 0 N–H and O–H groups in total. The second-order valence-electron chi connectivity index (χ2n) is 3.94. The van der Waals surface area contributed by atoms with E-state index in [9.17, 15) is 0 Å². The molecule has 0 aromatic rings. The fourth-order valence-corrected chi connectivity index (χ4v) is 2.71. The van der Waals surface area contributed by atoms with Gasteiger partial charge in [0.15, 0.2) is 11.6 Å². The highest BCUT2D eigenvalue weighted by Crippen LogP contribution is 2.12. The molecule has 1 rings (SSSR count). The first-order valence-electron chi connectivity index (χ1n) is 5.55. The van der Waals surface area contributed by atoms with Crippen molar-refractivity contribution in [3.8, 4) is 0 Å². The van der Waals surface area contributed by atoms with Gasteiger partial charge in [0.25, 0.3) is 0 Å². The van der Waals surface area contributed by atoms with Crippen molar-refractivity contribution >= 4 is 17.3 Å².